The van der Waals surface area contributed by atoms with Crippen LogP contribution in [-0.2, 0) is 35.3 Å². The van der Waals surface area contributed by atoms with Crippen LogP contribution in [0.1, 0.15) is 74.2 Å². The molecular formula is C29H43N5O8S. The first-order chi connectivity index (χ1) is 20.6. The number of carboxylic acids is 1. The molecule has 2 unspecified atom stereocenters. The van der Waals surface area contributed by atoms with Crippen LogP contribution >= 0.6 is 11.8 Å². The molecule has 2 atom stereocenters. The van der Waals surface area contributed by atoms with Crippen molar-refractivity contribution >= 4 is 53.6 Å². The van der Waals surface area contributed by atoms with E-state index in [1.54, 1.807) is 24.3 Å². The minimum absolute atomic E-state index is 0.0901. The summed E-state index contributed by atoms with van der Waals surface area (Å²) in [6.45, 7) is 1.73. The van der Waals surface area contributed by atoms with Crippen LogP contribution < -0.4 is 26.6 Å². The van der Waals surface area contributed by atoms with Crippen molar-refractivity contribution in [2.24, 2.45) is 0 Å². The number of thioether (sulfide) groups is 1. The number of Topliss-reactive ketones (excluding diaryl/α,β-unsaturated/α-hetero) is 1. The average molecular weight is 622 g/mol. The lowest BCUT2D eigenvalue weighted by molar-refractivity contribution is -0.142. The van der Waals surface area contributed by atoms with Crippen LogP contribution in [0.4, 0.5) is 0 Å². The fraction of sp³-hybridized carbons (Fsp3) is 0.552. The number of unbranched alkanes of at least 4 members (excludes halogenated alkanes) is 2. The van der Waals surface area contributed by atoms with Gasteiger partial charge in [0, 0.05) is 31.5 Å². The summed E-state index contributed by atoms with van der Waals surface area (Å²) < 4.78 is 0. The molecule has 0 aliphatic heterocycles. The highest BCUT2D eigenvalue weighted by Gasteiger charge is 2.23. The van der Waals surface area contributed by atoms with Gasteiger partial charge in [0.1, 0.15) is 17.9 Å². The minimum Gasteiger partial charge on any atom is -0.480 e. The number of carboxylic acid groups (broad SMARTS) is 1. The zero-order valence-electron chi connectivity index (χ0n) is 24.7. The van der Waals surface area contributed by atoms with Crippen molar-refractivity contribution < 1.29 is 38.7 Å². The van der Waals surface area contributed by atoms with Crippen LogP contribution in [0.3, 0.4) is 0 Å². The Labute approximate surface area is 256 Å². The fourth-order valence-corrected chi connectivity index (χ4v) is 4.39. The van der Waals surface area contributed by atoms with Crippen molar-refractivity contribution in [2.45, 2.75) is 76.9 Å². The summed E-state index contributed by atoms with van der Waals surface area (Å²) >= 11 is 1.49. The third kappa shape index (κ3) is 16.9. The smallest absolute Gasteiger partial charge is 0.326 e. The number of hydrogen-bond acceptors (Lipinski definition) is 8. The van der Waals surface area contributed by atoms with Crippen LogP contribution in [0.2, 0.25) is 0 Å². The number of amides is 5. The molecule has 1 aromatic carbocycles. The summed E-state index contributed by atoms with van der Waals surface area (Å²) in [5.74, 6) is -2.42. The molecule has 0 saturated carbocycles. The Hall–Kier alpha value is -3.94. The molecule has 13 nitrogen and oxygen atoms in total. The van der Waals surface area contributed by atoms with Gasteiger partial charge in [-0.05, 0) is 75.2 Å². The quantitative estimate of drug-likeness (QED) is 0.0759. The average Bonchev–Trinajstić information content (AvgIpc) is 2.98. The van der Waals surface area contributed by atoms with Crippen molar-refractivity contribution in [1.29, 1.82) is 0 Å². The number of nitrogens with one attached hydrogen (secondary N) is 5. The van der Waals surface area contributed by atoms with Crippen molar-refractivity contribution in [2.75, 3.05) is 25.1 Å². The van der Waals surface area contributed by atoms with Crippen LogP contribution in [0.25, 0.3) is 0 Å². The highest BCUT2D eigenvalue weighted by atomic mass is 32.2. The standard InChI is InChI=1S/C29H43N5O8S/c1-20(36)7-3-4-9-25(37)31-15-6-5-8-24(29(41)42)33-26(38)18-32-28(40)23(14-16-43-2)34-27(39)22-12-10-21(11-13-22)17-30-19-35/h10-13,19,23-24H,3-9,14-18H2,1-2H3,(H,30,35)(H,31,37)(H,32,40)(H,33,38)(H,34,39)(H,41,42). The number of carbonyl (C=O) groups excluding carboxylic acids is 6. The molecule has 43 heavy (non-hydrogen) atoms. The van der Waals surface area contributed by atoms with Gasteiger partial charge >= 0.3 is 5.97 Å². The predicted molar refractivity (Wildman–Crippen MR) is 162 cm³/mol. The van der Waals surface area contributed by atoms with E-state index in [9.17, 15) is 38.7 Å². The number of carbonyl (C=O) groups is 7. The maximum Gasteiger partial charge on any atom is 0.326 e. The Morgan fingerprint density at radius 3 is 2.19 bits per heavy atom. The molecule has 0 aliphatic rings. The van der Waals surface area contributed by atoms with Gasteiger partial charge in [-0.15, -0.1) is 0 Å². The molecule has 0 aromatic heterocycles. The Bertz CT molecular complexity index is 1080. The zero-order chi connectivity index (χ0) is 32.0. The molecule has 0 aliphatic carbocycles. The van der Waals surface area contributed by atoms with Crippen molar-refractivity contribution in [3.63, 3.8) is 0 Å². The first-order valence-corrected chi connectivity index (χ1v) is 15.6. The van der Waals surface area contributed by atoms with Gasteiger partial charge in [-0.1, -0.05) is 12.1 Å². The molecule has 5 amide bonds. The van der Waals surface area contributed by atoms with E-state index in [1.165, 1.54) is 18.7 Å². The van der Waals surface area contributed by atoms with Gasteiger partial charge in [-0.3, -0.25) is 24.0 Å². The molecule has 1 rings (SSSR count). The van der Waals surface area contributed by atoms with Crippen molar-refractivity contribution in [3.05, 3.63) is 35.4 Å². The van der Waals surface area contributed by atoms with E-state index in [1.807, 2.05) is 6.26 Å². The molecule has 0 heterocycles. The largest absolute Gasteiger partial charge is 0.480 e. The lowest BCUT2D eigenvalue weighted by Gasteiger charge is -2.19. The van der Waals surface area contributed by atoms with E-state index >= 15 is 0 Å². The van der Waals surface area contributed by atoms with Crippen LogP contribution in [0.5, 0.6) is 0 Å². The summed E-state index contributed by atoms with van der Waals surface area (Å²) in [6.07, 6.45) is 5.89. The number of hydrogen-bond donors (Lipinski definition) is 6. The molecule has 0 fully saturated rings. The third-order valence-corrected chi connectivity index (χ3v) is 6.96. The van der Waals surface area contributed by atoms with Gasteiger partial charge in [-0.2, -0.15) is 11.8 Å². The van der Waals surface area contributed by atoms with E-state index in [-0.39, 0.29) is 18.1 Å². The monoisotopic (exact) mass is 621 g/mol. The molecule has 238 valence electrons. The maximum absolute atomic E-state index is 12.8. The van der Waals surface area contributed by atoms with Gasteiger partial charge in [0.15, 0.2) is 0 Å². The highest BCUT2D eigenvalue weighted by Crippen LogP contribution is 2.07. The first-order valence-electron chi connectivity index (χ1n) is 14.2. The lowest BCUT2D eigenvalue weighted by Crippen LogP contribution is -2.51. The van der Waals surface area contributed by atoms with E-state index < -0.39 is 42.3 Å². The van der Waals surface area contributed by atoms with Gasteiger partial charge in [0.25, 0.3) is 5.91 Å². The minimum atomic E-state index is -1.22. The molecule has 14 heteroatoms. The summed E-state index contributed by atoms with van der Waals surface area (Å²) in [7, 11) is 0. The number of aliphatic carboxylic acids is 1. The Morgan fingerprint density at radius 1 is 0.860 bits per heavy atom. The Balaban J connectivity index is 2.49. The second kappa shape index (κ2) is 21.7. The fourth-order valence-electron chi connectivity index (χ4n) is 3.92. The molecular weight excluding hydrogens is 578 g/mol. The van der Waals surface area contributed by atoms with Crippen LogP contribution in [0, 0.1) is 0 Å². The first kappa shape index (κ1) is 37.1. The van der Waals surface area contributed by atoms with E-state index in [0.29, 0.717) is 75.8 Å². The SMILES string of the molecule is CSCCC(NC(=O)c1ccc(CNC=O)cc1)C(=O)NCC(=O)NC(CCCCNC(=O)CCCCC(C)=O)C(=O)O. The second-order valence-corrected chi connectivity index (χ2v) is 10.9. The third-order valence-electron chi connectivity index (χ3n) is 6.32. The van der Waals surface area contributed by atoms with Gasteiger partial charge < -0.3 is 36.5 Å². The molecule has 0 radical (unpaired) electrons. The topological polar surface area (TPSA) is 200 Å². The van der Waals surface area contributed by atoms with Crippen LogP contribution in [-0.4, -0.2) is 84.1 Å². The van der Waals surface area contributed by atoms with E-state index in [4.69, 9.17) is 0 Å². The van der Waals surface area contributed by atoms with Gasteiger partial charge in [0.2, 0.25) is 24.1 Å². The van der Waals surface area contributed by atoms with E-state index in [2.05, 4.69) is 26.6 Å². The lowest BCUT2D eigenvalue weighted by atomic mass is 10.1. The second-order valence-electron chi connectivity index (χ2n) is 9.93. The van der Waals surface area contributed by atoms with Crippen molar-refractivity contribution in [1.82, 2.24) is 26.6 Å². The molecule has 0 spiro atoms. The predicted octanol–water partition coefficient (Wildman–Crippen LogP) is 0.906. The number of rotatable bonds is 23. The van der Waals surface area contributed by atoms with Gasteiger partial charge in [0.05, 0.1) is 6.54 Å². The van der Waals surface area contributed by atoms with Gasteiger partial charge in [-0.25, -0.2) is 4.79 Å². The Morgan fingerprint density at radius 2 is 1.56 bits per heavy atom. The maximum atomic E-state index is 12.8. The Kier molecular flexibility index (Phi) is 18.7. The van der Waals surface area contributed by atoms with Crippen molar-refractivity contribution in [3.8, 4) is 0 Å². The number of benzene rings is 1. The summed E-state index contributed by atoms with van der Waals surface area (Å²) in [6, 6.07) is 4.44. The van der Waals surface area contributed by atoms with E-state index in [0.717, 1.165) is 5.56 Å². The van der Waals surface area contributed by atoms with Crippen LogP contribution in [0.15, 0.2) is 24.3 Å². The summed E-state index contributed by atoms with van der Waals surface area (Å²) in [5, 5.41) is 22.3. The molecule has 6 N–H and O–H groups in total. The molecule has 0 saturated heterocycles. The molecule has 1 aromatic rings. The highest BCUT2D eigenvalue weighted by molar-refractivity contribution is 7.98. The summed E-state index contributed by atoms with van der Waals surface area (Å²) in [4.78, 5) is 82.8. The summed E-state index contributed by atoms with van der Waals surface area (Å²) in [5.41, 5.74) is 1.12. The zero-order valence-corrected chi connectivity index (χ0v) is 25.6. The normalized spacial score (nSPS) is 11.9. The molecule has 0 bridgehead atoms. The number of ketones is 1.